The lowest BCUT2D eigenvalue weighted by atomic mass is 10.2. The molecule has 0 atom stereocenters. The van der Waals surface area contributed by atoms with Crippen LogP contribution in [-0.4, -0.2) is 14.5 Å². The molecule has 17 heavy (non-hydrogen) atoms. The van der Waals surface area contributed by atoms with Crippen molar-refractivity contribution in [2.75, 3.05) is 0 Å². The standard InChI is InChI=1S/C13H11N3O/c1-9-4-6-10(7-5-9)16-11-3-2-8-14-12(11)15-13(16)17/h2-8H,1H3,(H,14,15,17). The molecule has 0 saturated heterocycles. The molecule has 1 aromatic carbocycles. The molecule has 0 aliphatic carbocycles. The first-order valence-corrected chi connectivity index (χ1v) is 5.38. The normalized spacial score (nSPS) is 10.9. The zero-order chi connectivity index (χ0) is 11.8. The topological polar surface area (TPSA) is 50.7 Å². The van der Waals surface area contributed by atoms with Gasteiger partial charge >= 0.3 is 5.69 Å². The predicted molar refractivity (Wildman–Crippen MR) is 66.4 cm³/mol. The number of rotatable bonds is 1. The van der Waals surface area contributed by atoms with Crippen molar-refractivity contribution < 1.29 is 0 Å². The zero-order valence-corrected chi connectivity index (χ0v) is 9.34. The highest BCUT2D eigenvalue weighted by Crippen LogP contribution is 2.13. The fourth-order valence-electron chi connectivity index (χ4n) is 1.89. The van der Waals surface area contributed by atoms with Crippen LogP contribution >= 0.6 is 0 Å². The van der Waals surface area contributed by atoms with Crippen LogP contribution in [0.1, 0.15) is 5.56 Å². The van der Waals surface area contributed by atoms with Crippen LogP contribution in [0.4, 0.5) is 0 Å². The Morgan fingerprint density at radius 3 is 2.71 bits per heavy atom. The summed E-state index contributed by atoms with van der Waals surface area (Å²) in [6, 6.07) is 11.5. The van der Waals surface area contributed by atoms with Crippen molar-refractivity contribution in [2.45, 2.75) is 6.92 Å². The van der Waals surface area contributed by atoms with Gasteiger partial charge in [0.25, 0.3) is 0 Å². The van der Waals surface area contributed by atoms with E-state index in [4.69, 9.17) is 0 Å². The number of nitrogens with one attached hydrogen (secondary N) is 1. The molecular formula is C13H11N3O. The summed E-state index contributed by atoms with van der Waals surface area (Å²) in [7, 11) is 0. The Balaban J connectivity index is 2.33. The molecule has 3 aromatic rings. The molecule has 0 bridgehead atoms. The van der Waals surface area contributed by atoms with Gasteiger partial charge in [-0.05, 0) is 31.2 Å². The Hall–Kier alpha value is -2.36. The molecule has 1 N–H and O–H groups in total. The third-order valence-corrected chi connectivity index (χ3v) is 2.75. The van der Waals surface area contributed by atoms with Crippen molar-refractivity contribution in [3.05, 3.63) is 58.6 Å². The first-order chi connectivity index (χ1) is 8.25. The summed E-state index contributed by atoms with van der Waals surface area (Å²) in [5.41, 5.74) is 3.25. The fraction of sp³-hybridized carbons (Fsp3) is 0.0769. The van der Waals surface area contributed by atoms with Crippen LogP contribution in [0.2, 0.25) is 0 Å². The highest BCUT2D eigenvalue weighted by molar-refractivity contribution is 5.72. The van der Waals surface area contributed by atoms with Gasteiger partial charge in [0, 0.05) is 6.20 Å². The molecule has 2 aromatic heterocycles. The van der Waals surface area contributed by atoms with Crippen molar-refractivity contribution in [2.24, 2.45) is 0 Å². The smallest absolute Gasteiger partial charge is 0.290 e. The lowest BCUT2D eigenvalue weighted by molar-refractivity contribution is 1.01. The van der Waals surface area contributed by atoms with Crippen LogP contribution in [0, 0.1) is 6.92 Å². The SMILES string of the molecule is Cc1ccc(-n2c(=O)[nH]c3ncccc32)cc1. The molecule has 4 heteroatoms. The van der Waals surface area contributed by atoms with E-state index >= 15 is 0 Å². The van der Waals surface area contributed by atoms with E-state index < -0.39 is 0 Å². The first kappa shape index (κ1) is 9.84. The number of H-pyrrole nitrogens is 1. The van der Waals surface area contributed by atoms with E-state index in [0.717, 1.165) is 11.2 Å². The number of aryl methyl sites for hydroxylation is 1. The molecule has 0 aliphatic heterocycles. The second-order valence-electron chi connectivity index (χ2n) is 3.97. The summed E-state index contributed by atoms with van der Waals surface area (Å²) in [4.78, 5) is 18.8. The van der Waals surface area contributed by atoms with Gasteiger partial charge in [-0.25, -0.2) is 9.78 Å². The lowest BCUT2D eigenvalue weighted by Gasteiger charge is -2.02. The summed E-state index contributed by atoms with van der Waals surface area (Å²) in [5.74, 6) is 0. The molecule has 4 nitrogen and oxygen atoms in total. The minimum absolute atomic E-state index is 0.164. The van der Waals surface area contributed by atoms with Gasteiger partial charge in [-0.1, -0.05) is 17.7 Å². The fourth-order valence-corrected chi connectivity index (χ4v) is 1.89. The molecule has 0 spiro atoms. The minimum Gasteiger partial charge on any atom is -0.290 e. The quantitative estimate of drug-likeness (QED) is 0.688. The number of hydrogen-bond acceptors (Lipinski definition) is 2. The molecule has 0 aliphatic rings. The van der Waals surface area contributed by atoms with Gasteiger partial charge in [0.1, 0.15) is 0 Å². The summed E-state index contributed by atoms with van der Waals surface area (Å²) in [5, 5.41) is 0. The van der Waals surface area contributed by atoms with Crippen LogP contribution < -0.4 is 5.69 Å². The van der Waals surface area contributed by atoms with Crippen molar-refractivity contribution in [1.29, 1.82) is 0 Å². The Morgan fingerprint density at radius 1 is 1.18 bits per heavy atom. The summed E-state index contributed by atoms with van der Waals surface area (Å²) in [6.07, 6.45) is 1.66. The summed E-state index contributed by atoms with van der Waals surface area (Å²) in [6.45, 7) is 2.02. The monoisotopic (exact) mass is 225 g/mol. The largest absolute Gasteiger partial charge is 0.332 e. The van der Waals surface area contributed by atoms with E-state index in [-0.39, 0.29) is 5.69 Å². The van der Waals surface area contributed by atoms with E-state index in [1.54, 1.807) is 10.8 Å². The van der Waals surface area contributed by atoms with Crippen LogP contribution in [-0.2, 0) is 0 Å². The van der Waals surface area contributed by atoms with Gasteiger partial charge in [0.2, 0.25) is 0 Å². The highest BCUT2D eigenvalue weighted by atomic mass is 16.1. The number of nitrogens with zero attached hydrogens (tertiary/aromatic N) is 2. The Morgan fingerprint density at radius 2 is 1.94 bits per heavy atom. The third kappa shape index (κ3) is 1.54. The van der Waals surface area contributed by atoms with E-state index in [1.807, 2.05) is 43.3 Å². The van der Waals surface area contributed by atoms with E-state index in [1.165, 1.54) is 5.56 Å². The number of aromatic amines is 1. The number of hydrogen-bond donors (Lipinski definition) is 1. The maximum absolute atomic E-state index is 11.9. The van der Waals surface area contributed by atoms with Crippen LogP contribution in [0.3, 0.4) is 0 Å². The van der Waals surface area contributed by atoms with Crippen molar-refractivity contribution in [3.63, 3.8) is 0 Å². The molecule has 0 radical (unpaired) electrons. The second-order valence-corrected chi connectivity index (χ2v) is 3.97. The number of fused-ring (bicyclic) bond motifs is 1. The molecular weight excluding hydrogens is 214 g/mol. The molecule has 0 unspecified atom stereocenters. The van der Waals surface area contributed by atoms with E-state index in [9.17, 15) is 4.79 Å². The number of imidazole rings is 1. The average molecular weight is 225 g/mol. The second kappa shape index (κ2) is 3.59. The number of pyridine rings is 1. The van der Waals surface area contributed by atoms with Gasteiger partial charge in [0.05, 0.1) is 11.2 Å². The maximum atomic E-state index is 11.9. The van der Waals surface area contributed by atoms with Gasteiger partial charge in [-0.15, -0.1) is 0 Å². The number of aromatic nitrogens is 3. The average Bonchev–Trinajstić information content (AvgIpc) is 2.66. The minimum atomic E-state index is -0.164. The molecule has 0 saturated carbocycles. The van der Waals surface area contributed by atoms with Gasteiger partial charge in [-0.2, -0.15) is 0 Å². The van der Waals surface area contributed by atoms with Gasteiger partial charge < -0.3 is 0 Å². The first-order valence-electron chi connectivity index (χ1n) is 5.38. The van der Waals surface area contributed by atoms with Crippen molar-refractivity contribution in [1.82, 2.24) is 14.5 Å². The zero-order valence-electron chi connectivity index (χ0n) is 9.34. The van der Waals surface area contributed by atoms with Crippen molar-refractivity contribution >= 4 is 11.2 Å². The van der Waals surface area contributed by atoms with E-state index in [0.29, 0.717) is 5.65 Å². The Labute approximate surface area is 97.6 Å². The predicted octanol–water partition coefficient (Wildman–Crippen LogP) is 2.02. The third-order valence-electron chi connectivity index (χ3n) is 2.75. The summed E-state index contributed by atoms with van der Waals surface area (Å²) >= 11 is 0. The Kier molecular flexibility index (Phi) is 2.08. The molecule has 0 amide bonds. The van der Waals surface area contributed by atoms with Crippen LogP contribution in [0.25, 0.3) is 16.9 Å². The molecule has 2 heterocycles. The Bertz CT molecular complexity index is 722. The number of benzene rings is 1. The molecule has 0 fully saturated rings. The van der Waals surface area contributed by atoms with Gasteiger partial charge in [-0.3, -0.25) is 9.55 Å². The van der Waals surface area contributed by atoms with Crippen LogP contribution in [0.15, 0.2) is 47.4 Å². The van der Waals surface area contributed by atoms with Crippen molar-refractivity contribution in [3.8, 4) is 5.69 Å². The van der Waals surface area contributed by atoms with Gasteiger partial charge in [0.15, 0.2) is 5.65 Å². The summed E-state index contributed by atoms with van der Waals surface area (Å²) < 4.78 is 1.63. The van der Waals surface area contributed by atoms with E-state index in [2.05, 4.69) is 9.97 Å². The van der Waals surface area contributed by atoms with Crippen LogP contribution in [0.5, 0.6) is 0 Å². The highest BCUT2D eigenvalue weighted by Gasteiger charge is 2.08. The molecule has 3 rings (SSSR count). The lowest BCUT2D eigenvalue weighted by Crippen LogP contribution is -2.14. The maximum Gasteiger partial charge on any atom is 0.332 e. The molecule has 84 valence electrons.